The van der Waals surface area contributed by atoms with Crippen LogP contribution >= 0.6 is 46.3 Å². The fourth-order valence-electron chi connectivity index (χ4n) is 4.44. The molecular weight excluding hydrogens is 555 g/mol. The Labute approximate surface area is 231 Å². The van der Waals surface area contributed by atoms with Gasteiger partial charge in [-0.3, -0.25) is 0 Å². The highest BCUT2D eigenvalue weighted by Crippen LogP contribution is 2.58. The number of nitrogens with zero attached hydrogens (tertiary/aromatic N) is 4. The lowest BCUT2D eigenvalue weighted by atomic mass is 9.83. The van der Waals surface area contributed by atoms with Gasteiger partial charge in [0.1, 0.15) is 26.6 Å². The third-order valence-electron chi connectivity index (χ3n) is 6.07. The number of anilines is 1. The van der Waals surface area contributed by atoms with Crippen molar-refractivity contribution in [2.24, 2.45) is 10.8 Å². The lowest BCUT2D eigenvalue weighted by Gasteiger charge is -2.42. The van der Waals surface area contributed by atoms with E-state index in [1.54, 1.807) is 17.1 Å². The van der Waals surface area contributed by atoms with Crippen LogP contribution in [-0.2, 0) is 4.87 Å². The Bertz CT molecular complexity index is 1450. The Morgan fingerprint density at radius 2 is 1.65 bits per heavy atom. The van der Waals surface area contributed by atoms with Crippen LogP contribution in [0.4, 0.5) is 13.9 Å². The highest BCUT2D eigenvalue weighted by molar-refractivity contribution is 8.15. The number of halogens is 4. The van der Waals surface area contributed by atoms with Crippen LogP contribution in [0.3, 0.4) is 0 Å². The smallest absolute Gasteiger partial charge is 0.230 e. The Morgan fingerprint density at radius 3 is 2.27 bits per heavy atom. The summed E-state index contributed by atoms with van der Waals surface area (Å²) in [4.78, 5) is -0.974. The molecular formula is C26H21Cl2F2N5S2. The first-order valence-corrected chi connectivity index (χ1v) is 13.8. The molecule has 4 aromatic rings. The van der Waals surface area contributed by atoms with Gasteiger partial charge < -0.3 is 5.73 Å². The predicted octanol–water partition coefficient (Wildman–Crippen LogP) is 7.33. The molecule has 3 aromatic carbocycles. The number of hydrogen-bond acceptors (Lipinski definition) is 7. The van der Waals surface area contributed by atoms with E-state index in [-0.39, 0.29) is 11.5 Å². The number of benzene rings is 3. The second-order valence-corrected chi connectivity index (χ2v) is 11.7. The minimum Gasteiger partial charge on any atom is -0.330 e. The van der Waals surface area contributed by atoms with Gasteiger partial charge in [0.15, 0.2) is 0 Å². The van der Waals surface area contributed by atoms with E-state index in [9.17, 15) is 4.39 Å². The van der Waals surface area contributed by atoms with E-state index in [0.29, 0.717) is 33.2 Å². The van der Waals surface area contributed by atoms with Crippen molar-refractivity contribution < 1.29 is 8.78 Å². The summed E-state index contributed by atoms with van der Waals surface area (Å²) in [6.45, 7) is 2.22. The summed E-state index contributed by atoms with van der Waals surface area (Å²) < 4.78 is 29.3. The quantitative estimate of drug-likeness (QED) is 0.250. The van der Waals surface area contributed by atoms with E-state index >= 15 is 4.39 Å². The van der Waals surface area contributed by atoms with Crippen LogP contribution in [0.2, 0.25) is 10.0 Å². The topological polar surface area (TPSA) is 67.4 Å². The number of aryl methyl sites for hydroxylation is 1. The van der Waals surface area contributed by atoms with E-state index in [2.05, 4.69) is 10.2 Å². The first-order chi connectivity index (χ1) is 17.8. The molecule has 0 saturated carbocycles. The molecule has 1 aliphatic rings. The molecule has 2 N–H and O–H groups in total. The molecule has 2 unspecified atom stereocenters. The fourth-order valence-corrected chi connectivity index (χ4v) is 7.00. The van der Waals surface area contributed by atoms with Crippen molar-refractivity contribution in [3.8, 4) is 0 Å². The summed E-state index contributed by atoms with van der Waals surface area (Å²) in [5.41, 5.74) is 8.02. The van der Waals surface area contributed by atoms with Crippen molar-refractivity contribution in [1.29, 1.82) is 0 Å². The predicted molar refractivity (Wildman–Crippen MR) is 149 cm³/mol. The maximum absolute atomic E-state index is 15.0. The third kappa shape index (κ3) is 4.98. The highest BCUT2D eigenvalue weighted by atomic mass is 35.5. The number of aromatic nitrogens is 2. The lowest BCUT2D eigenvalue weighted by Crippen LogP contribution is -2.44. The van der Waals surface area contributed by atoms with E-state index in [4.69, 9.17) is 34.0 Å². The SMILES string of the molecule is Cc1nnc(N2N=C(c3cc(F)ccc3F)SC2(c2ccc(Cl)cc2)C(CCN)c2ccc(Cl)cc2)s1. The standard InChI is InChI=1S/C26H21Cl2F2N5S2/c1-15-32-33-25(36-15)35-26(17-4-8-19(28)9-5-17,22(12-13-31)16-2-6-18(27)7-3-16)37-24(34-35)21-14-20(29)10-11-23(21)30/h2-11,14,22H,12-13,31H2,1H3. The molecule has 0 saturated heterocycles. The van der Waals surface area contributed by atoms with Gasteiger partial charge in [0.25, 0.3) is 0 Å². The maximum Gasteiger partial charge on any atom is 0.230 e. The number of thioether (sulfide) groups is 1. The normalized spacial score (nSPS) is 18.2. The Kier molecular flexibility index (Phi) is 7.51. The van der Waals surface area contributed by atoms with Gasteiger partial charge in [0, 0.05) is 21.5 Å². The monoisotopic (exact) mass is 575 g/mol. The second kappa shape index (κ2) is 10.7. The van der Waals surface area contributed by atoms with Crippen molar-refractivity contribution >= 4 is 56.5 Å². The molecule has 0 bridgehead atoms. The van der Waals surface area contributed by atoms with E-state index in [1.807, 2.05) is 43.3 Å². The first kappa shape index (κ1) is 26.1. The van der Waals surface area contributed by atoms with Crippen molar-refractivity contribution in [2.75, 3.05) is 11.6 Å². The molecule has 0 radical (unpaired) electrons. The van der Waals surface area contributed by atoms with Crippen LogP contribution in [0.25, 0.3) is 0 Å². The maximum atomic E-state index is 15.0. The van der Waals surface area contributed by atoms with Crippen molar-refractivity contribution in [3.05, 3.63) is 110 Å². The van der Waals surface area contributed by atoms with E-state index < -0.39 is 16.5 Å². The summed E-state index contributed by atoms with van der Waals surface area (Å²) in [5.74, 6) is -1.39. The Hall–Kier alpha value is -2.56. The summed E-state index contributed by atoms with van der Waals surface area (Å²) in [5, 5.41) is 18.0. The van der Waals surface area contributed by atoms with Crippen LogP contribution in [0, 0.1) is 18.6 Å². The zero-order valence-corrected chi connectivity index (χ0v) is 22.7. The average molecular weight is 577 g/mol. The lowest BCUT2D eigenvalue weighted by molar-refractivity contribution is 0.451. The van der Waals surface area contributed by atoms with Gasteiger partial charge in [0.05, 0.1) is 0 Å². The molecule has 0 fully saturated rings. The molecule has 0 spiro atoms. The van der Waals surface area contributed by atoms with Crippen LogP contribution in [0.1, 0.15) is 34.0 Å². The van der Waals surface area contributed by atoms with Gasteiger partial charge in [-0.2, -0.15) is 5.10 Å². The number of hydrogen-bond donors (Lipinski definition) is 1. The van der Waals surface area contributed by atoms with E-state index in [1.165, 1.54) is 23.1 Å². The molecule has 1 aliphatic heterocycles. The molecule has 5 nitrogen and oxygen atoms in total. The van der Waals surface area contributed by atoms with Gasteiger partial charge >= 0.3 is 0 Å². The molecule has 37 heavy (non-hydrogen) atoms. The van der Waals surface area contributed by atoms with Gasteiger partial charge in [-0.15, -0.1) is 10.2 Å². The average Bonchev–Trinajstić information content (AvgIpc) is 3.49. The zero-order valence-electron chi connectivity index (χ0n) is 19.5. The molecule has 190 valence electrons. The summed E-state index contributed by atoms with van der Waals surface area (Å²) in [7, 11) is 0. The molecule has 2 atom stereocenters. The van der Waals surface area contributed by atoms with Gasteiger partial charge in [0.2, 0.25) is 5.13 Å². The molecule has 5 rings (SSSR count). The highest BCUT2D eigenvalue weighted by Gasteiger charge is 2.53. The summed E-state index contributed by atoms with van der Waals surface area (Å²) in [6.07, 6.45) is 0.556. The largest absolute Gasteiger partial charge is 0.330 e. The Balaban J connectivity index is 1.79. The molecule has 0 amide bonds. The van der Waals surface area contributed by atoms with Crippen molar-refractivity contribution in [3.63, 3.8) is 0 Å². The van der Waals surface area contributed by atoms with Gasteiger partial charge in [-0.05, 0) is 73.5 Å². The first-order valence-electron chi connectivity index (χ1n) is 11.4. The minimum atomic E-state index is -0.974. The van der Waals surface area contributed by atoms with Crippen LogP contribution in [0.5, 0.6) is 0 Å². The molecule has 11 heteroatoms. The molecule has 1 aromatic heterocycles. The molecule has 2 heterocycles. The molecule has 0 aliphatic carbocycles. The fraction of sp³-hybridized carbons (Fsp3) is 0.192. The van der Waals surface area contributed by atoms with Crippen LogP contribution in [-0.4, -0.2) is 21.8 Å². The van der Waals surface area contributed by atoms with Gasteiger partial charge in [-0.1, -0.05) is 70.6 Å². The van der Waals surface area contributed by atoms with Crippen molar-refractivity contribution in [1.82, 2.24) is 10.2 Å². The second-order valence-electron chi connectivity index (χ2n) is 8.43. The third-order valence-corrected chi connectivity index (χ3v) is 8.89. The minimum absolute atomic E-state index is 0.0645. The van der Waals surface area contributed by atoms with Crippen molar-refractivity contribution in [2.45, 2.75) is 24.1 Å². The van der Waals surface area contributed by atoms with Gasteiger partial charge in [-0.25, -0.2) is 13.8 Å². The van der Waals surface area contributed by atoms with Crippen LogP contribution in [0.15, 0.2) is 71.8 Å². The summed E-state index contributed by atoms with van der Waals surface area (Å²) in [6, 6.07) is 18.3. The number of hydrazone groups is 1. The van der Waals surface area contributed by atoms with E-state index in [0.717, 1.165) is 34.3 Å². The summed E-state index contributed by atoms with van der Waals surface area (Å²) >= 11 is 15.2. The van der Waals surface area contributed by atoms with Crippen LogP contribution < -0.4 is 10.7 Å². The number of nitrogens with two attached hydrogens (primary N) is 1. The zero-order chi connectivity index (χ0) is 26.2. The number of rotatable bonds is 7. The Morgan fingerprint density at radius 1 is 0.973 bits per heavy atom.